The third-order valence-electron chi connectivity index (χ3n) is 2.69. The lowest BCUT2D eigenvalue weighted by molar-refractivity contribution is 0.192. The zero-order valence-corrected chi connectivity index (χ0v) is 10.4. The fourth-order valence-corrected chi connectivity index (χ4v) is 1.49. The quantitative estimate of drug-likeness (QED) is 0.808. The van der Waals surface area contributed by atoms with Crippen molar-refractivity contribution in [2.45, 2.75) is 19.4 Å². The van der Waals surface area contributed by atoms with Gasteiger partial charge in [0.2, 0.25) is 0 Å². The second-order valence-corrected chi connectivity index (χ2v) is 4.03. The topological polar surface area (TPSA) is 52.6 Å². The first-order chi connectivity index (χ1) is 8.17. The van der Waals surface area contributed by atoms with Gasteiger partial charge in [0.1, 0.15) is 0 Å². The molecule has 4 nitrogen and oxygen atoms in total. The summed E-state index contributed by atoms with van der Waals surface area (Å²) in [7, 11) is 1.73. The number of hydrogen-bond acceptors (Lipinski definition) is 2. The van der Waals surface area contributed by atoms with Crippen molar-refractivity contribution in [3.05, 3.63) is 35.9 Å². The van der Waals surface area contributed by atoms with Gasteiger partial charge in [0.25, 0.3) is 0 Å². The zero-order chi connectivity index (χ0) is 12.7. The van der Waals surface area contributed by atoms with E-state index in [9.17, 15) is 9.90 Å². The summed E-state index contributed by atoms with van der Waals surface area (Å²) >= 11 is 0. The molecule has 0 fully saturated rings. The summed E-state index contributed by atoms with van der Waals surface area (Å²) in [6, 6.07) is 9.42. The van der Waals surface area contributed by atoms with Gasteiger partial charge in [0, 0.05) is 13.6 Å². The molecule has 0 saturated carbocycles. The molecule has 1 aromatic rings. The molecule has 0 heterocycles. The molecular weight excluding hydrogens is 216 g/mol. The van der Waals surface area contributed by atoms with Crippen molar-refractivity contribution in [1.82, 2.24) is 10.2 Å². The summed E-state index contributed by atoms with van der Waals surface area (Å²) in [6.07, 6.45) is 0.640. The Bertz CT molecular complexity index is 341. The van der Waals surface area contributed by atoms with Crippen LogP contribution in [-0.2, 0) is 6.42 Å². The fourth-order valence-electron chi connectivity index (χ4n) is 1.49. The lowest BCUT2D eigenvalue weighted by atomic mass is 10.1. The van der Waals surface area contributed by atoms with Gasteiger partial charge in [-0.05, 0) is 18.9 Å². The van der Waals surface area contributed by atoms with Crippen molar-refractivity contribution in [3.8, 4) is 0 Å². The highest BCUT2D eigenvalue weighted by Crippen LogP contribution is 2.03. The predicted molar refractivity (Wildman–Crippen MR) is 67.9 cm³/mol. The molecule has 0 aliphatic rings. The van der Waals surface area contributed by atoms with E-state index in [1.807, 2.05) is 37.3 Å². The first-order valence-corrected chi connectivity index (χ1v) is 5.83. The lowest BCUT2D eigenvalue weighted by Gasteiger charge is -2.21. The van der Waals surface area contributed by atoms with Crippen LogP contribution < -0.4 is 5.32 Å². The molecule has 0 aliphatic heterocycles. The van der Waals surface area contributed by atoms with E-state index in [0.717, 1.165) is 5.56 Å². The molecule has 0 unspecified atom stereocenters. The number of nitrogens with zero attached hydrogens (tertiary/aromatic N) is 1. The molecule has 1 atom stereocenters. The van der Waals surface area contributed by atoms with Crippen molar-refractivity contribution in [1.29, 1.82) is 0 Å². The van der Waals surface area contributed by atoms with Crippen LogP contribution in [0.1, 0.15) is 12.5 Å². The van der Waals surface area contributed by atoms with Crippen molar-refractivity contribution < 1.29 is 9.90 Å². The average molecular weight is 236 g/mol. The molecule has 0 saturated heterocycles. The maximum Gasteiger partial charge on any atom is 0.317 e. The molecule has 1 rings (SSSR count). The number of carbonyl (C=O) groups is 1. The highest BCUT2D eigenvalue weighted by Gasteiger charge is 2.13. The Hall–Kier alpha value is -1.55. The Balaban J connectivity index is 2.52. The Morgan fingerprint density at radius 1 is 1.41 bits per heavy atom. The number of nitrogens with one attached hydrogen (secondary N) is 1. The molecule has 0 bridgehead atoms. The van der Waals surface area contributed by atoms with Crippen molar-refractivity contribution >= 4 is 6.03 Å². The number of carbonyl (C=O) groups excluding carboxylic acids is 1. The number of urea groups is 1. The summed E-state index contributed by atoms with van der Waals surface area (Å²) in [5.41, 5.74) is 1.10. The Labute approximate surface area is 102 Å². The monoisotopic (exact) mass is 236 g/mol. The van der Waals surface area contributed by atoms with Crippen LogP contribution in [0.15, 0.2) is 30.3 Å². The van der Waals surface area contributed by atoms with E-state index < -0.39 is 0 Å². The minimum Gasteiger partial charge on any atom is -0.394 e. The first kappa shape index (κ1) is 13.5. The number of rotatable bonds is 5. The van der Waals surface area contributed by atoms with Gasteiger partial charge in [-0.2, -0.15) is 0 Å². The summed E-state index contributed by atoms with van der Waals surface area (Å²) in [6.45, 7) is 2.50. The minimum absolute atomic E-state index is 0.0574. The van der Waals surface area contributed by atoms with Crippen LogP contribution in [0.3, 0.4) is 0 Å². The molecule has 0 aliphatic carbocycles. The second-order valence-electron chi connectivity index (χ2n) is 4.03. The van der Waals surface area contributed by atoms with Crippen molar-refractivity contribution in [2.24, 2.45) is 0 Å². The van der Waals surface area contributed by atoms with Gasteiger partial charge >= 0.3 is 6.03 Å². The van der Waals surface area contributed by atoms with Crippen molar-refractivity contribution in [2.75, 3.05) is 20.2 Å². The van der Waals surface area contributed by atoms with Gasteiger partial charge in [-0.1, -0.05) is 30.3 Å². The molecule has 1 aromatic carbocycles. The van der Waals surface area contributed by atoms with Crippen LogP contribution in [0.25, 0.3) is 0 Å². The number of aliphatic hydroxyl groups excluding tert-OH is 1. The summed E-state index contributed by atoms with van der Waals surface area (Å²) in [5, 5.41) is 12.1. The summed E-state index contributed by atoms with van der Waals surface area (Å²) in [5.74, 6) is 0. The van der Waals surface area contributed by atoms with E-state index in [2.05, 4.69) is 5.32 Å². The summed E-state index contributed by atoms with van der Waals surface area (Å²) in [4.78, 5) is 13.2. The predicted octanol–water partition coefficient (Wildman–Crippen LogP) is 1.25. The smallest absolute Gasteiger partial charge is 0.317 e. The third-order valence-corrected chi connectivity index (χ3v) is 2.69. The van der Waals surface area contributed by atoms with Gasteiger partial charge in [0.15, 0.2) is 0 Å². The average Bonchev–Trinajstić information content (AvgIpc) is 2.38. The van der Waals surface area contributed by atoms with E-state index in [1.165, 1.54) is 0 Å². The molecule has 94 valence electrons. The number of amides is 2. The number of benzene rings is 1. The summed E-state index contributed by atoms with van der Waals surface area (Å²) < 4.78 is 0. The van der Waals surface area contributed by atoms with Gasteiger partial charge in [-0.15, -0.1) is 0 Å². The third kappa shape index (κ3) is 4.44. The molecule has 2 N–H and O–H groups in total. The minimum atomic E-state index is -0.237. The molecule has 17 heavy (non-hydrogen) atoms. The standard InChI is InChI=1S/C13H20N2O2/c1-3-15(2)13(17)14-12(10-16)9-11-7-5-4-6-8-11/h4-8,12,16H,3,9-10H2,1-2H3,(H,14,17)/t12-/m1/s1. The van der Waals surface area contributed by atoms with E-state index in [0.29, 0.717) is 13.0 Å². The largest absolute Gasteiger partial charge is 0.394 e. The van der Waals surface area contributed by atoms with E-state index in [-0.39, 0.29) is 18.7 Å². The van der Waals surface area contributed by atoms with E-state index >= 15 is 0 Å². The van der Waals surface area contributed by atoms with Crippen LogP contribution in [0.5, 0.6) is 0 Å². The van der Waals surface area contributed by atoms with Crippen LogP contribution in [-0.4, -0.2) is 42.3 Å². The molecule has 0 aromatic heterocycles. The van der Waals surface area contributed by atoms with Crippen LogP contribution in [0.2, 0.25) is 0 Å². The molecule has 2 amide bonds. The molecule has 0 radical (unpaired) electrons. The molecular formula is C13H20N2O2. The second kappa shape index (κ2) is 6.91. The number of aliphatic hydroxyl groups is 1. The van der Waals surface area contributed by atoms with E-state index in [1.54, 1.807) is 11.9 Å². The van der Waals surface area contributed by atoms with Gasteiger partial charge in [-0.25, -0.2) is 4.79 Å². The Kier molecular flexibility index (Phi) is 5.49. The van der Waals surface area contributed by atoms with Crippen molar-refractivity contribution in [3.63, 3.8) is 0 Å². The Morgan fingerprint density at radius 2 is 2.06 bits per heavy atom. The fraction of sp³-hybridized carbons (Fsp3) is 0.462. The van der Waals surface area contributed by atoms with E-state index in [4.69, 9.17) is 0 Å². The maximum absolute atomic E-state index is 11.6. The SMILES string of the molecule is CCN(C)C(=O)N[C@@H](CO)Cc1ccccc1. The van der Waals surface area contributed by atoms with Crippen LogP contribution in [0.4, 0.5) is 4.79 Å². The van der Waals surface area contributed by atoms with Crippen LogP contribution >= 0.6 is 0 Å². The van der Waals surface area contributed by atoms with Gasteiger partial charge in [-0.3, -0.25) is 0 Å². The highest BCUT2D eigenvalue weighted by atomic mass is 16.3. The molecule has 0 spiro atoms. The maximum atomic E-state index is 11.6. The lowest BCUT2D eigenvalue weighted by Crippen LogP contribution is -2.45. The zero-order valence-electron chi connectivity index (χ0n) is 10.4. The van der Waals surface area contributed by atoms with Crippen LogP contribution in [0, 0.1) is 0 Å². The Morgan fingerprint density at radius 3 is 2.59 bits per heavy atom. The highest BCUT2D eigenvalue weighted by molar-refractivity contribution is 5.74. The normalized spacial score (nSPS) is 11.9. The first-order valence-electron chi connectivity index (χ1n) is 5.83. The van der Waals surface area contributed by atoms with Gasteiger partial charge < -0.3 is 15.3 Å². The molecule has 4 heteroatoms. The number of hydrogen-bond donors (Lipinski definition) is 2. The van der Waals surface area contributed by atoms with Gasteiger partial charge in [0.05, 0.1) is 12.6 Å².